The van der Waals surface area contributed by atoms with Crippen LogP contribution in [0.2, 0.25) is 0 Å². The molecular weight excluding hydrogens is 348 g/mol. The van der Waals surface area contributed by atoms with Crippen LogP contribution in [0, 0.1) is 5.41 Å². The van der Waals surface area contributed by atoms with Crippen LogP contribution in [0.25, 0.3) is 0 Å². The zero-order chi connectivity index (χ0) is 20.0. The van der Waals surface area contributed by atoms with Gasteiger partial charge in [0.25, 0.3) is 5.89 Å². The van der Waals surface area contributed by atoms with Crippen molar-refractivity contribution >= 4 is 11.8 Å². The van der Waals surface area contributed by atoms with E-state index >= 15 is 0 Å². The Bertz CT molecular complexity index is 695. The van der Waals surface area contributed by atoms with E-state index in [2.05, 4.69) is 10.4 Å². The first-order chi connectivity index (χ1) is 12.7. The lowest BCUT2D eigenvalue weighted by atomic mass is 9.89. The second kappa shape index (κ2) is 9.19. The molecule has 1 N–H and O–H groups in total. The first-order valence-corrected chi connectivity index (χ1v) is 9.78. The first kappa shape index (κ1) is 21.2. The average Bonchev–Trinajstić information content (AvgIpc) is 2.98. The summed E-state index contributed by atoms with van der Waals surface area (Å²) in [7, 11) is 1.68. The summed E-state index contributed by atoms with van der Waals surface area (Å²) in [5.74, 6) is -1.10. The van der Waals surface area contributed by atoms with Gasteiger partial charge in [-0.05, 0) is 24.7 Å². The Hall–Kier alpha value is -2.12. The van der Waals surface area contributed by atoms with Gasteiger partial charge in [-0.1, -0.05) is 40.0 Å². The van der Waals surface area contributed by atoms with Gasteiger partial charge in [-0.3, -0.25) is 4.79 Å². The third-order valence-corrected chi connectivity index (χ3v) is 4.87. The molecule has 2 amide bonds. The topological polar surface area (TPSA) is 97.4 Å². The fraction of sp³-hybridized carbons (Fsp3) is 0.789. The van der Waals surface area contributed by atoms with Crippen molar-refractivity contribution in [1.82, 2.24) is 20.0 Å². The summed E-state index contributed by atoms with van der Waals surface area (Å²) in [5, 5.41) is 7.01. The average molecular weight is 380 g/mol. The van der Waals surface area contributed by atoms with Gasteiger partial charge in [0.2, 0.25) is 5.78 Å². The van der Waals surface area contributed by atoms with Crippen molar-refractivity contribution in [3.63, 3.8) is 0 Å². The molecule has 0 unspecified atom stereocenters. The van der Waals surface area contributed by atoms with Crippen LogP contribution in [0.1, 0.15) is 76.4 Å². The van der Waals surface area contributed by atoms with Gasteiger partial charge in [-0.2, -0.15) is 4.68 Å². The lowest BCUT2D eigenvalue weighted by Gasteiger charge is -2.26. The van der Waals surface area contributed by atoms with Crippen LogP contribution in [0.4, 0.5) is 4.79 Å². The molecule has 1 aliphatic rings. The van der Waals surface area contributed by atoms with Gasteiger partial charge < -0.3 is 14.6 Å². The summed E-state index contributed by atoms with van der Waals surface area (Å²) in [6.45, 7) is 6.62. The number of amides is 2. The van der Waals surface area contributed by atoms with E-state index in [0.717, 1.165) is 30.4 Å². The van der Waals surface area contributed by atoms with E-state index in [1.807, 2.05) is 20.8 Å². The van der Waals surface area contributed by atoms with Gasteiger partial charge in [-0.15, -0.1) is 5.10 Å². The van der Waals surface area contributed by atoms with Gasteiger partial charge in [0.1, 0.15) is 0 Å². The van der Waals surface area contributed by atoms with E-state index in [4.69, 9.17) is 4.42 Å². The minimum absolute atomic E-state index is 0.0208. The number of rotatable bonds is 7. The van der Waals surface area contributed by atoms with Gasteiger partial charge in [0.05, 0.1) is 6.54 Å². The summed E-state index contributed by atoms with van der Waals surface area (Å²) >= 11 is 0. The van der Waals surface area contributed by atoms with Crippen LogP contribution in [-0.4, -0.2) is 46.1 Å². The van der Waals surface area contributed by atoms with Crippen LogP contribution < -0.4 is 11.1 Å². The minimum atomic E-state index is -0.671. The number of carbonyl (C=O) groups excluding carboxylic acids is 2. The van der Waals surface area contributed by atoms with Gasteiger partial charge in [0, 0.05) is 26.1 Å². The highest BCUT2D eigenvalue weighted by molar-refractivity contribution is 5.91. The SMILES string of the molecule is CN(CCn1nc(C(=O)CCC(C)(C)C)oc1=O)C(=O)NC1CCCCC1. The number of carbonyl (C=O) groups is 2. The standard InChI is InChI=1S/C19H32N4O4/c1-19(2,3)11-10-15(24)16-21-23(18(26)27-16)13-12-22(4)17(25)20-14-8-6-5-7-9-14/h14H,5-13H2,1-4H3,(H,20,25). The largest absolute Gasteiger partial charge is 0.437 e. The molecule has 0 saturated heterocycles. The van der Waals surface area contributed by atoms with E-state index in [1.165, 1.54) is 11.3 Å². The second-order valence-electron chi connectivity index (χ2n) is 8.59. The zero-order valence-corrected chi connectivity index (χ0v) is 16.9. The molecule has 0 aliphatic heterocycles. The molecule has 0 aromatic carbocycles. The number of nitrogens with one attached hydrogen (secondary N) is 1. The quantitative estimate of drug-likeness (QED) is 0.734. The summed E-state index contributed by atoms with van der Waals surface area (Å²) in [6.07, 6.45) is 6.53. The Balaban J connectivity index is 1.84. The van der Waals surface area contributed by atoms with Crippen molar-refractivity contribution in [2.24, 2.45) is 5.41 Å². The summed E-state index contributed by atoms with van der Waals surface area (Å²) < 4.78 is 6.09. The maximum absolute atomic E-state index is 12.2. The molecule has 1 aromatic heterocycles. The predicted octanol–water partition coefficient (Wildman–Crippen LogP) is 2.82. The molecule has 27 heavy (non-hydrogen) atoms. The third-order valence-electron chi connectivity index (χ3n) is 4.87. The van der Waals surface area contributed by atoms with Gasteiger partial charge >= 0.3 is 11.8 Å². The Kier molecular flexibility index (Phi) is 7.21. The van der Waals surface area contributed by atoms with Gasteiger partial charge in [-0.25, -0.2) is 9.59 Å². The number of hydrogen-bond acceptors (Lipinski definition) is 5. The molecule has 0 bridgehead atoms. The Morgan fingerprint density at radius 2 is 1.93 bits per heavy atom. The smallest absolute Gasteiger partial charge is 0.384 e. The number of hydrogen-bond donors (Lipinski definition) is 1. The molecule has 1 aromatic rings. The second-order valence-corrected chi connectivity index (χ2v) is 8.59. The molecule has 152 valence electrons. The van der Waals surface area contributed by atoms with Crippen LogP contribution >= 0.6 is 0 Å². The maximum atomic E-state index is 12.2. The number of aromatic nitrogens is 2. The van der Waals surface area contributed by atoms with Crippen LogP contribution in [0.3, 0.4) is 0 Å². The zero-order valence-electron chi connectivity index (χ0n) is 16.9. The molecule has 1 heterocycles. The summed E-state index contributed by atoms with van der Waals surface area (Å²) in [4.78, 5) is 37.8. The lowest BCUT2D eigenvalue weighted by Crippen LogP contribution is -2.45. The molecule has 1 saturated carbocycles. The lowest BCUT2D eigenvalue weighted by molar-refractivity contribution is 0.0930. The van der Waals surface area contributed by atoms with Crippen molar-refractivity contribution in [2.45, 2.75) is 78.3 Å². The molecule has 1 aliphatic carbocycles. The number of urea groups is 1. The Morgan fingerprint density at radius 1 is 1.26 bits per heavy atom. The highest BCUT2D eigenvalue weighted by atomic mass is 16.4. The molecular formula is C19H32N4O4. The monoisotopic (exact) mass is 380 g/mol. The number of Topliss-reactive ketones (excluding diaryl/α,β-unsaturated/α-hetero) is 1. The normalized spacial score (nSPS) is 15.6. The maximum Gasteiger partial charge on any atom is 0.437 e. The van der Waals surface area contributed by atoms with Crippen molar-refractivity contribution in [3.8, 4) is 0 Å². The number of ketones is 1. The van der Waals surface area contributed by atoms with E-state index in [-0.39, 0.29) is 42.1 Å². The number of likely N-dealkylation sites (N-methyl/N-ethyl adjacent to an activating group) is 1. The Labute approximate surface area is 160 Å². The molecule has 1 fully saturated rings. The van der Waals surface area contributed by atoms with E-state index in [1.54, 1.807) is 7.05 Å². The Morgan fingerprint density at radius 3 is 2.56 bits per heavy atom. The van der Waals surface area contributed by atoms with Crippen molar-refractivity contribution in [3.05, 3.63) is 16.4 Å². The van der Waals surface area contributed by atoms with E-state index in [0.29, 0.717) is 13.0 Å². The third kappa shape index (κ3) is 6.84. The van der Waals surface area contributed by atoms with Crippen molar-refractivity contribution in [1.29, 1.82) is 0 Å². The fourth-order valence-corrected chi connectivity index (χ4v) is 3.03. The van der Waals surface area contributed by atoms with Crippen LogP contribution in [-0.2, 0) is 6.54 Å². The van der Waals surface area contributed by atoms with Crippen LogP contribution in [0.5, 0.6) is 0 Å². The summed E-state index contributed by atoms with van der Waals surface area (Å²) in [6, 6.07) is 0.0791. The fourth-order valence-electron chi connectivity index (χ4n) is 3.03. The van der Waals surface area contributed by atoms with E-state index < -0.39 is 5.76 Å². The molecule has 0 spiro atoms. The van der Waals surface area contributed by atoms with Crippen molar-refractivity contribution < 1.29 is 14.0 Å². The van der Waals surface area contributed by atoms with Gasteiger partial charge in [0.15, 0.2) is 0 Å². The predicted molar refractivity (Wildman–Crippen MR) is 102 cm³/mol. The molecule has 8 heteroatoms. The molecule has 2 rings (SSSR count). The first-order valence-electron chi connectivity index (χ1n) is 9.78. The summed E-state index contributed by atoms with van der Waals surface area (Å²) in [5.41, 5.74) is 0.0208. The minimum Gasteiger partial charge on any atom is -0.384 e. The highest BCUT2D eigenvalue weighted by Crippen LogP contribution is 2.21. The van der Waals surface area contributed by atoms with Crippen molar-refractivity contribution in [2.75, 3.05) is 13.6 Å². The molecule has 8 nitrogen and oxygen atoms in total. The van der Waals surface area contributed by atoms with E-state index in [9.17, 15) is 14.4 Å². The molecule has 0 radical (unpaired) electrons. The van der Waals surface area contributed by atoms with Crippen LogP contribution in [0.15, 0.2) is 9.21 Å². The highest BCUT2D eigenvalue weighted by Gasteiger charge is 2.21. The number of nitrogens with zero attached hydrogens (tertiary/aromatic N) is 3. The molecule has 0 atom stereocenters.